The summed E-state index contributed by atoms with van der Waals surface area (Å²) in [5.41, 5.74) is 5.37. The van der Waals surface area contributed by atoms with Crippen molar-refractivity contribution in [1.82, 2.24) is 19.4 Å². The van der Waals surface area contributed by atoms with Crippen molar-refractivity contribution in [2.24, 2.45) is 0 Å². The van der Waals surface area contributed by atoms with Gasteiger partial charge in [-0.25, -0.2) is 14.3 Å². The highest BCUT2D eigenvalue weighted by Crippen LogP contribution is 2.27. The summed E-state index contributed by atoms with van der Waals surface area (Å²) < 4.78 is 2.64. The molecule has 2 heterocycles. The molecule has 168 valence electrons. The van der Waals surface area contributed by atoms with Crippen LogP contribution in [-0.2, 0) is 4.79 Å². The van der Waals surface area contributed by atoms with Crippen LogP contribution in [0.3, 0.4) is 0 Å². The lowest BCUT2D eigenvalue weighted by Gasteiger charge is -2.18. The standard InChI is InChI=1S/C26H20ClN5O2/c27-20-12-7-13-21(14-20)32-25-23(16-29-32)26(34)31(17-28-25)30-24(33)15-22(18-8-3-1-4-9-18)19-10-5-2-6-11-19/h1-14,16-17,22H,15H2,(H,30,33). The van der Waals surface area contributed by atoms with Gasteiger partial charge in [-0.2, -0.15) is 5.10 Å². The first-order chi connectivity index (χ1) is 16.6. The maximum absolute atomic E-state index is 13.0. The number of aromatic nitrogens is 4. The fourth-order valence-corrected chi connectivity index (χ4v) is 4.14. The monoisotopic (exact) mass is 469 g/mol. The van der Waals surface area contributed by atoms with Gasteiger partial charge < -0.3 is 0 Å². The number of nitrogens with zero attached hydrogens (tertiary/aromatic N) is 4. The van der Waals surface area contributed by atoms with E-state index >= 15 is 0 Å². The summed E-state index contributed by atoms with van der Waals surface area (Å²) in [6, 6.07) is 26.8. The molecule has 3 aromatic carbocycles. The zero-order valence-electron chi connectivity index (χ0n) is 18.0. The maximum Gasteiger partial charge on any atom is 0.283 e. The normalized spacial score (nSPS) is 11.1. The molecule has 1 N–H and O–H groups in total. The SMILES string of the molecule is O=C(CC(c1ccccc1)c1ccccc1)Nn1cnc2c(cnn2-c2cccc(Cl)c2)c1=O. The molecule has 1 amide bonds. The third-order valence-corrected chi connectivity index (χ3v) is 5.81. The van der Waals surface area contributed by atoms with Crippen molar-refractivity contribution in [3.8, 4) is 5.69 Å². The zero-order valence-corrected chi connectivity index (χ0v) is 18.8. The van der Waals surface area contributed by atoms with Crippen LogP contribution in [0, 0.1) is 0 Å². The molecule has 0 radical (unpaired) electrons. The second kappa shape index (κ2) is 9.33. The van der Waals surface area contributed by atoms with Gasteiger partial charge in [0.15, 0.2) is 5.65 Å². The fraction of sp³-hybridized carbons (Fsp3) is 0.0769. The Morgan fingerprint density at radius 1 is 0.941 bits per heavy atom. The Hall–Kier alpha value is -4.23. The van der Waals surface area contributed by atoms with E-state index in [-0.39, 0.29) is 23.6 Å². The van der Waals surface area contributed by atoms with Crippen LogP contribution in [0.1, 0.15) is 23.5 Å². The Kier molecular flexibility index (Phi) is 5.93. The van der Waals surface area contributed by atoms with Crippen molar-refractivity contribution in [2.45, 2.75) is 12.3 Å². The van der Waals surface area contributed by atoms with Crippen molar-refractivity contribution in [3.05, 3.63) is 124 Å². The highest BCUT2D eigenvalue weighted by Gasteiger charge is 2.19. The summed E-state index contributed by atoms with van der Waals surface area (Å²) >= 11 is 6.08. The molecule has 0 spiro atoms. The molecule has 5 rings (SSSR count). The van der Waals surface area contributed by atoms with Gasteiger partial charge in [-0.1, -0.05) is 78.3 Å². The first-order valence-electron chi connectivity index (χ1n) is 10.7. The van der Waals surface area contributed by atoms with E-state index in [2.05, 4.69) is 15.5 Å². The molecule has 0 fully saturated rings. The number of halogens is 1. The van der Waals surface area contributed by atoms with E-state index in [1.165, 1.54) is 17.2 Å². The van der Waals surface area contributed by atoms with E-state index in [0.29, 0.717) is 16.4 Å². The van der Waals surface area contributed by atoms with Crippen molar-refractivity contribution < 1.29 is 4.79 Å². The van der Waals surface area contributed by atoms with Crippen molar-refractivity contribution in [2.75, 3.05) is 5.43 Å². The predicted molar refractivity (Wildman–Crippen MR) is 132 cm³/mol. The van der Waals surface area contributed by atoms with E-state index in [0.717, 1.165) is 15.8 Å². The fourth-order valence-electron chi connectivity index (χ4n) is 3.95. The molecule has 7 nitrogen and oxygen atoms in total. The zero-order chi connectivity index (χ0) is 23.5. The second-order valence-electron chi connectivity index (χ2n) is 7.81. The van der Waals surface area contributed by atoms with Crippen molar-refractivity contribution in [3.63, 3.8) is 0 Å². The number of hydrogen-bond acceptors (Lipinski definition) is 4. The Morgan fingerprint density at radius 3 is 2.26 bits per heavy atom. The summed E-state index contributed by atoms with van der Waals surface area (Å²) in [5.74, 6) is -0.455. The lowest BCUT2D eigenvalue weighted by molar-refractivity contribution is -0.117. The summed E-state index contributed by atoms with van der Waals surface area (Å²) in [6.45, 7) is 0. The number of carbonyl (C=O) groups is 1. The highest BCUT2D eigenvalue weighted by molar-refractivity contribution is 6.30. The van der Waals surface area contributed by atoms with E-state index in [1.807, 2.05) is 66.7 Å². The quantitative estimate of drug-likeness (QED) is 0.396. The summed E-state index contributed by atoms with van der Waals surface area (Å²) in [7, 11) is 0. The van der Waals surface area contributed by atoms with E-state index in [9.17, 15) is 9.59 Å². The van der Waals surface area contributed by atoms with Gasteiger partial charge in [-0.3, -0.25) is 15.0 Å². The molecule has 0 atom stereocenters. The Balaban J connectivity index is 1.42. The molecule has 0 aliphatic carbocycles. The molecule has 0 unspecified atom stereocenters. The minimum atomic E-state index is -0.414. The molecule has 0 saturated heterocycles. The second-order valence-corrected chi connectivity index (χ2v) is 8.24. The molecule has 8 heteroatoms. The molecular formula is C26H20ClN5O2. The van der Waals surface area contributed by atoms with E-state index < -0.39 is 5.56 Å². The number of rotatable bonds is 6. The number of hydrogen-bond donors (Lipinski definition) is 1. The Morgan fingerprint density at radius 2 is 1.62 bits per heavy atom. The van der Waals surface area contributed by atoms with Gasteiger partial charge in [-0.05, 0) is 29.3 Å². The lowest BCUT2D eigenvalue weighted by atomic mass is 9.88. The Labute approximate surface area is 200 Å². The smallest absolute Gasteiger partial charge is 0.273 e. The number of fused-ring (bicyclic) bond motifs is 1. The van der Waals surface area contributed by atoms with Gasteiger partial charge in [0.05, 0.1) is 11.9 Å². The Bertz CT molecular complexity index is 1470. The van der Waals surface area contributed by atoms with Gasteiger partial charge in [-0.15, -0.1) is 0 Å². The van der Waals surface area contributed by atoms with Crippen LogP contribution < -0.4 is 11.0 Å². The highest BCUT2D eigenvalue weighted by atomic mass is 35.5. The van der Waals surface area contributed by atoms with Gasteiger partial charge in [0.25, 0.3) is 5.56 Å². The lowest BCUT2D eigenvalue weighted by Crippen LogP contribution is -2.33. The van der Waals surface area contributed by atoms with Crippen LogP contribution in [0.5, 0.6) is 0 Å². The first-order valence-corrected chi connectivity index (χ1v) is 11.1. The average molecular weight is 470 g/mol. The molecule has 5 aromatic rings. The van der Waals surface area contributed by atoms with Gasteiger partial charge in [0.2, 0.25) is 5.91 Å². The molecule has 34 heavy (non-hydrogen) atoms. The number of nitrogens with one attached hydrogen (secondary N) is 1. The average Bonchev–Trinajstić information content (AvgIpc) is 3.30. The van der Waals surface area contributed by atoms with Crippen LogP contribution >= 0.6 is 11.6 Å². The largest absolute Gasteiger partial charge is 0.283 e. The van der Waals surface area contributed by atoms with Crippen LogP contribution in [0.15, 0.2) is 102 Å². The van der Waals surface area contributed by atoms with Gasteiger partial charge >= 0.3 is 0 Å². The third-order valence-electron chi connectivity index (χ3n) is 5.58. The molecular weight excluding hydrogens is 450 g/mol. The minimum Gasteiger partial charge on any atom is -0.273 e. The van der Waals surface area contributed by atoms with Crippen LogP contribution in [0.25, 0.3) is 16.7 Å². The van der Waals surface area contributed by atoms with Gasteiger partial charge in [0.1, 0.15) is 11.7 Å². The molecule has 0 aliphatic rings. The molecule has 0 aliphatic heterocycles. The molecule has 0 saturated carbocycles. The first kappa shape index (κ1) is 21.6. The maximum atomic E-state index is 13.0. The number of benzene rings is 3. The number of carbonyl (C=O) groups excluding carboxylic acids is 1. The summed E-state index contributed by atoms with van der Waals surface area (Å²) in [5, 5.41) is 5.12. The molecule has 2 aromatic heterocycles. The predicted octanol–water partition coefficient (Wildman–Crippen LogP) is 4.53. The van der Waals surface area contributed by atoms with E-state index in [1.54, 1.807) is 18.2 Å². The van der Waals surface area contributed by atoms with Crippen LogP contribution in [0.2, 0.25) is 5.02 Å². The topological polar surface area (TPSA) is 81.8 Å². The summed E-state index contributed by atoms with van der Waals surface area (Å²) in [6.07, 6.45) is 2.90. The molecule has 0 bridgehead atoms. The summed E-state index contributed by atoms with van der Waals surface area (Å²) in [4.78, 5) is 30.4. The van der Waals surface area contributed by atoms with Gasteiger partial charge in [0, 0.05) is 17.4 Å². The third kappa shape index (κ3) is 4.33. The van der Waals surface area contributed by atoms with Crippen LogP contribution in [-0.4, -0.2) is 25.3 Å². The number of amides is 1. The van der Waals surface area contributed by atoms with Crippen molar-refractivity contribution in [1.29, 1.82) is 0 Å². The minimum absolute atomic E-state index is 0.152. The van der Waals surface area contributed by atoms with Crippen LogP contribution in [0.4, 0.5) is 0 Å². The van der Waals surface area contributed by atoms with Crippen molar-refractivity contribution >= 4 is 28.5 Å². The van der Waals surface area contributed by atoms with E-state index in [4.69, 9.17) is 11.6 Å².